The zero-order valence-electron chi connectivity index (χ0n) is 43.3. The van der Waals surface area contributed by atoms with Gasteiger partial charge in [-0.15, -0.1) is 0 Å². The van der Waals surface area contributed by atoms with Crippen molar-refractivity contribution in [3.05, 3.63) is 120 Å². The average molecular weight is 1200 g/mol. The number of hydrogen-bond donors (Lipinski definition) is 12. The first-order chi connectivity index (χ1) is 38.0. The van der Waals surface area contributed by atoms with Gasteiger partial charge in [-0.05, 0) is 59.7 Å². The summed E-state index contributed by atoms with van der Waals surface area (Å²) >= 11 is 0. The van der Waals surface area contributed by atoms with Crippen molar-refractivity contribution in [2.45, 2.75) is 19.6 Å². The van der Waals surface area contributed by atoms with Crippen molar-refractivity contribution < 1.29 is 103 Å². The maximum absolute atomic E-state index is 12.9. The van der Waals surface area contributed by atoms with E-state index in [2.05, 4.69) is 51.2 Å². The molecule has 422 valence electrons. The second-order valence-electron chi connectivity index (χ2n) is 17.0. The maximum Gasteiger partial charge on any atom is 1.00 e. The first kappa shape index (κ1) is 61.5. The fourth-order valence-electron chi connectivity index (χ4n) is 8.18. The van der Waals surface area contributed by atoms with Crippen molar-refractivity contribution in [2.24, 2.45) is 0 Å². The minimum Gasteiger partial charge on any atom is -1.00 e. The largest absolute Gasteiger partial charge is 1.00 e. The van der Waals surface area contributed by atoms with Gasteiger partial charge in [-0.3, -0.25) is 18.2 Å². The number of nitrogens with one attached hydrogen (secondary N) is 4. The molecule has 12 N–H and O–H groups in total. The third kappa shape index (κ3) is 15.1. The van der Waals surface area contributed by atoms with Crippen molar-refractivity contribution in [2.75, 3.05) is 83.7 Å². The Labute approximate surface area is 486 Å². The van der Waals surface area contributed by atoms with Crippen LogP contribution in [-0.2, 0) is 40.5 Å². The Morgan fingerprint density at radius 1 is 0.395 bits per heavy atom. The smallest absolute Gasteiger partial charge is 1.00 e. The van der Waals surface area contributed by atoms with E-state index in [0.29, 0.717) is 10.8 Å². The Bertz CT molecular complexity index is 3880. The van der Waals surface area contributed by atoms with E-state index >= 15 is 0 Å². The van der Waals surface area contributed by atoms with Crippen LogP contribution in [0.5, 0.6) is 0 Å². The molecule has 81 heavy (non-hydrogen) atoms. The predicted molar refractivity (Wildman–Crippen MR) is 296 cm³/mol. The van der Waals surface area contributed by atoms with Crippen molar-refractivity contribution in [3.8, 4) is 0 Å². The van der Waals surface area contributed by atoms with Crippen LogP contribution in [-0.4, -0.2) is 155 Å². The van der Waals surface area contributed by atoms with Crippen LogP contribution >= 0.6 is 0 Å². The summed E-state index contributed by atoms with van der Waals surface area (Å²) in [6, 6.07) is 24.7. The van der Waals surface area contributed by atoms with Crippen LogP contribution in [0.1, 0.15) is 12.6 Å². The van der Waals surface area contributed by atoms with Crippen molar-refractivity contribution in [1.29, 1.82) is 0 Å². The second-order valence-corrected chi connectivity index (χ2v) is 22.5. The number of nitrogens with zero attached hydrogens (tertiary/aromatic N) is 8. The van der Waals surface area contributed by atoms with Gasteiger partial charge < -0.3 is 52.9 Å². The molecule has 2 heterocycles. The normalized spacial score (nSPS) is 12.1. The number of anilines is 10. The summed E-state index contributed by atoms with van der Waals surface area (Å²) in [5.74, 6) is -0.952. The van der Waals surface area contributed by atoms with E-state index in [1.54, 1.807) is 36.4 Å². The number of rotatable bonds is 24. The van der Waals surface area contributed by atoms with E-state index in [1.807, 2.05) is 0 Å². The Hall–Kier alpha value is -7.12. The third-order valence-electron chi connectivity index (χ3n) is 11.6. The molecule has 0 fully saturated rings. The van der Waals surface area contributed by atoms with Gasteiger partial charge >= 0.3 is 29.6 Å². The molecule has 0 atom stereocenters. The first-order valence-electron chi connectivity index (χ1n) is 23.4. The van der Waals surface area contributed by atoms with Crippen LogP contribution in [0.2, 0.25) is 0 Å². The summed E-state index contributed by atoms with van der Waals surface area (Å²) in [6.07, 6.45) is 2.29. The van der Waals surface area contributed by atoms with Gasteiger partial charge in [-0.2, -0.15) is 63.6 Å². The monoisotopic (exact) mass is 1200 g/mol. The van der Waals surface area contributed by atoms with E-state index in [9.17, 15) is 72.3 Å². The molecule has 0 radical (unpaired) electrons. The zero-order chi connectivity index (χ0) is 57.6. The van der Waals surface area contributed by atoms with E-state index in [1.165, 1.54) is 70.5 Å². The molecule has 2 aromatic heterocycles. The Balaban J connectivity index is 0.00000541. The van der Waals surface area contributed by atoms with Crippen molar-refractivity contribution >= 4 is 133 Å². The fraction of sp³-hybridized carbons (Fsp3) is 0.167. The topological polar surface area (TPSA) is 430 Å². The van der Waals surface area contributed by atoms with Gasteiger partial charge in [0.2, 0.25) is 35.7 Å². The quantitative estimate of drug-likeness (QED) is 0.0230. The molecule has 0 unspecified atom stereocenters. The van der Waals surface area contributed by atoms with Gasteiger partial charge in [0.25, 0.3) is 40.5 Å². The maximum atomic E-state index is 12.9. The summed E-state index contributed by atoms with van der Waals surface area (Å²) < 4.78 is 141. The molecule has 0 spiro atoms. The SMILES string of the molecule is O=S(=O)(O)c1cc(Nc2nc(Nc3ccc(S(=O)(=O)O)c4ccccc34)nc(N(CCO)CCO)n2)ccc1C=Cc1ccc(Nc2nc(Nc3ccc(S(=O)(=O)O)c4ccccc34)nc(N(CCO)CCO)n2)cc1S(=O)(=O)O.[H-].[Na+]. The fourth-order valence-corrected chi connectivity index (χ4v) is 11.0. The molecule has 8 aromatic rings. The summed E-state index contributed by atoms with van der Waals surface area (Å²) in [5.41, 5.74) is 0.163. The summed E-state index contributed by atoms with van der Waals surface area (Å²) in [4.78, 5) is 27.1. The summed E-state index contributed by atoms with van der Waals surface area (Å²) in [5, 5.41) is 51.8. The van der Waals surface area contributed by atoms with Crippen molar-refractivity contribution in [3.63, 3.8) is 0 Å². The third-order valence-corrected chi connectivity index (χ3v) is 15.3. The Kier molecular flexibility index (Phi) is 19.6. The van der Waals surface area contributed by atoms with E-state index in [4.69, 9.17) is 0 Å². The molecule has 28 nitrogen and oxygen atoms in total. The molecule has 0 amide bonds. The molecule has 0 bridgehead atoms. The number of aromatic nitrogens is 6. The molecule has 0 aliphatic heterocycles. The van der Waals surface area contributed by atoms with Crippen LogP contribution in [0, 0.1) is 0 Å². The predicted octanol–water partition coefficient (Wildman–Crippen LogP) is 1.19. The number of fused-ring (bicyclic) bond motifs is 2. The molecule has 6 aromatic carbocycles. The minimum atomic E-state index is -5.06. The minimum absolute atomic E-state index is 0. The van der Waals surface area contributed by atoms with Crippen LogP contribution in [0.25, 0.3) is 33.7 Å². The molecule has 0 aliphatic rings. The van der Waals surface area contributed by atoms with E-state index in [-0.39, 0.29) is 174 Å². The van der Waals surface area contributed by atoms with Crippen LogP contribution in [0.15, 0.2) is 129 Å². The van der Waals surface area contributed by atoms with E-state index < -0.39 is 50.3 Å². The molecule has 0 saturated heterocycles. The van der Waals surface area contributed by atoms with Crippen LogP contribution in [0.4, 0.5) is 58.4 Å². The molecule has 33 heteroatoms. The van der Waals surface area contributed by atoms with Crippen LogP contribution in [0.3, 0.4) is 0 Å². The average Bonchev–Trinajstić information content (AvgIpc) is 3.55. The second kappa shape index (κ2) is 25.8. The van der Waals surface area contributed by atoms with Gasteiger partial charge in [0, 0.05) is 70.5 Å². The Morgan fingerprint density at radius 2 is 0.704 bits per heavy atom. The summed E-state index contributed by atoms with van der Waals surface area (Å²) in [6.45, 7) is -1.78. The van der Waals surface area contributed by atoms with Gasteiger partial charge in [-0.1, -0.05) is 72.8 Å². The molecule has 0 saturated carbocycles. The van der Waals surface area contributed by atoms with E-state index in [0.717, 1.165) is 24.3 Å². The van der Waals surface area contributed by atoms with Gasteiger partial charge in [0.1, 0.15) is 19.6 Å². The number of benzene rings is 6. The Morgan fingerprint density at radius 3 is 1.01 bits per heavy atom. The number of aliphatic hydroxyl groups excluding tert-OH is 4. The molecular formula is C48H49N12NaO16S4. The van der Waals surface area contributed by atoms with Gasteiger partial charge in [0.15, 0.2) is 0 Å². The summed E-state index contributed by atoms with van der Waals surface area (Å²) in [7, 11) is -19.4. The van der Waals surface area contributed by atoms with Crippen molar-refractivity contribution in [1.82, 2.24) is 29.9 Å². The van der Waals surface area contributed by atoms with Gasteiger partial charge in [-0.25, -0.2) is 0 Å². The molecule has 8 rings (SSSR count). The zero-order valence-corrected chi connectivity index (χ0v) is 47.5. The molecular weight excluding hydrogens is 1150 g/mol. The molecule has 0 aliphatic carbocycles. The van der Waals surface area contributed by atoms with Crippen LogP contribution < -0.4 is 60.6 Å². The number of hydrogen-bond acceptors (Lipinski definition) is 24. The standard InChI is InChI=1S/C48H48N12O16S4.Na.H/c61-23-19-59(20-24-62)47-55-43(53-45(57-47)51-37-15-17-39(77(65,66)67)35-7-3-1-5-33(35)37)49-31-13-11-29(41(27-31)79(71,72)73)9-10-30-12-14-32(28-42(30)80(74,75)76)50-44-54-46(58-48(56-44)60(21-25-63)22-26-64)52-38-16-18-40(78(68,69)70)36-8-4-2-6-34(36)38;;/h1-18,27-28,61-64H,19-26H2,(H,65,66,67)(H,68,69,70)(H,71,72,73)(H,74,75,76)(H2,49,51,53,55,57)(H2,50,52,54,56,58);;/q;+1;-1. The first-order valence-corrected chi connectivity index (χ1v) is 29.2. The number of aliphatic hydroxyl groups is 4. The van der Waals surface area contributed by atoms with Gasteiger partial charge in [0.05, 0.1) is 26.4 Å².